The fourth-order valence-corrected chi connectivity index (χ4v) is 3.25. The highest BCUT2D eigenvalue weighted by Crippen LogP contribution is 2.29. The van der Waals surface area contributed by atoms with Crippen LogP contribution in [0.4, 0.5) is 0 Å². The van der Waals surface area contributed by atoms with Crippen LogP contribution in [0.5, 0.6) is 0 Å². The molecule has 0 fully saturated rings. The summed E-state index contributed by atoms with van der Waals surface area (Å²) < 4.78 is 1.18. The van der Waals surface area contributed by atoms with E-state index in [1.807, 2.05) is 20.8 Å². The first-order chi connectivity index (χ1) is 10.6. The summed E-state index contributed by atoms with van der Waals surface area (Å²) in [5.74, 6) is 0. The summed E-state index contributed by atoms with van der Waals surface area (Å²) in [6.07, 6.45) is 1.54. The Kier molecular flexibility index (Phi) is 2.87. The van der Waals surface area contributed by atoms with E-state index in [-0.39, 0.29) is 0 Å². The first kappa shape index (κ1) is 13.2. The van der Waals surface area contributed by atoms with Crippen molar-refractivity contribution in [2.24, 2.45) is 0 Å². The van der Waals surface area contributed by atoms with Crippen molar-refractivity contribution in [3.63, 3.8) is 0 Å². The fourth-order valence-electron chi connectivity index (χ4n) is 2.44. The van der Waals surface area contributed by atoms with Gasteiger partial charge in [0.05, 0.1) is 26.6 Å². The van der Waals surface area contributed by atoms with Crippen molar-refractivity contribution >= 4 is 32.7 Å². The van der Waals surface area contributed by atoms with Crippen molar-refractivity contribution in [3.05, 3.63) is 40.9 Å². The van der Waals surface area contributed by atoms with E-state index in [9.17, 15) is 0 Å². The Balaban J connectivity index is 2.00. The third kappa shape index (κ3) is 2.03. The molecule has 3 aromatic heterocycles. The summed E-state index contributed by atoms with van der Waals surface area (Å²) in [4.78, 5) is 22.3. The molecule has 0 aliphatic rings. The van der Waals surface area contributed by atoms with Gasteiger partial charge in [-0.2, -0.15) is 0 Å². The van der Waals surface area contributed by atoms with Crippen LogP contribution in [0.3, 0.4) is 0 Å². The summed E-state index contributed by atoms with van der Waals surface area (Å²) in [7, 11) is 0. The number of benzene rings is 1. The lowest BCUT2D eigenvalue weighted by Gasteiger charge is -2.06. The van der Waals surface area contributed by atoms with E-state index in [0.717, 1.165) is 38.7 Å². The summed E-state index contributed by atoms with van der Waals surface area (Å²) in [6.45, 7) is 5.90. The lowest BCUT2D eigenvalue weighted by molar-refractivity contribution is 1.06. The minimum absolute atomic E-state index is 0.627. The van der Waals surface area contributed by atoms with Gasteiger partial charge in [0.15, 0.2) is 5.65 Å². The average Bonchev–Trinajstić information content (AvgIpc) is 2.87. The van der Waals surface area contributed by atoms with E-state index in [2.05, 4.69) is 43.1 Å². The van der Waals surface area contributed by atoms with Crippen molar-refractivity contribution in [1.29, 1.82) is 0 Å². The molecule has 0 amide bonds. The summed E-state index contributed by atoms with van der Waals surface area (Å²) in [6, 6.07) is 6.19. The van der Waals surface area contributed by atoms with Gasteiger partial charge in [-0.25, -0.2) is 24.9 Å². The van der Waals surface area contributed by atoms with Crippen LogP contribution in [0.25, 0.3) is 32.6 Å². The maximum Gasteiger partial charge on any atom is 0.182 e. The third-order valence-electron chi connectivity index (χ3n) is 3.65. The number of aryl methyl sites for hydroxylation is 3. The smallest absolute Gasteiger partial charge is 0.182 e. The van der Waals surface area contributed by atoms with Crippen LogP contribution in [-0.2, 0) is 0 Å². The van der Waals surface area contributed by atoms with Crippen LogP contribution in [-0.4, -0.2) is 24.9 Å². The topological polar surface area (TPSA) is 64.5 Å². The largest absolute Gasteiger partial charge is 0.246 e. The monoisotopic (exact) mass is 307 g/mol. The zero-order valence-corrected chi connectivity index (χ0v) is 13.3. The molecule has 0 radical (unpaired) electrons. The van der Waals surface area contributed by atoms with Gasteiger partial charge in [-0.05, 0) is 32.9 Å². The number of hydrogen-bond donors (Lipinski definition) is 0. The number of aromatic nitrogens is 5. The van der Waals surface area contributed by atoms with Gasteiger partial charge in [-0.3, -0.25) is 0 Å². The van der Waals surface area contributed by atoms with Crippen LogP contribution >= 0.6 is 11.3 Å². The number of fused-ring (bicyclic) bond motifs is 2. The van der Waals surface area contributed by atoms with Gasteiger partial charge in [-0.15, -0.1) is 11.3 Å². The van der Waals surface area contributed by atoms with Crippen LogP contribution in [0.1, 0.15) is 16.4 Å². The van der Waals surface area contributed by atoms with Crippen LogP contribution in [0.15, 0.2) is 24.5 Å². The molecule has 0 saturated heterocycles. The minimum atomic E-state index is 0.627. The molecule has 0 atom stereocenters. The van der Waals surface area contributed by atoms with E-state index in [0.29, 0.717) is 5.65 Å². The molecule has 0 saturated carbocycles. The van der Waals surface area contributed by atoms with Gasteiger partial charge in [0.25, 0.3) is 0 Å². The molecule has 1 aromatic carbocycles. The summed E-state index contributed by atoms with van der Waals surface area (Å²) >= 11 is 1.69. The fraction of sp³-hybridized carbons (Fsp3) is 0.188. The van der Waals surface area contributed by atoms with Gasteiger partial charge in [-0.1, -0.05) is 6.07 Å². The second-order valence-corrected chi connectivity index (χ2v) is 6.44. The Hall–Kier alpha value is -2.47. The molecular formula is C16H13N5S. The molecule has 22 heavy (non-hydrogen) atoms. The van der Waals surface area contributed by atoms with E-state index >= 15 is 0 Å². The molecule has 3 heterocycles. The predicted molar refractivity (Wildman–Crippen MR) is 88.0 cm³/mol. The van der Waals surface area contributed by atoms with Crippen LogP contribution in [0.2, 0.25) is 0 Å². The van der Waals surface area contributed by atoms with Crippen molar-refractivity contribution in [2.45, 2.75) is 20.8 Å². The quantitative estimate of drug-likeness (QED) is 0.537. The Morgan fingerprint density at radius 2 is 1.73 bits per heavy atom. The molecule has 0 aliphatic carbocycles. The number of thiazole rings is 1. The molecule has 4 aromatic rings. The number of rotatable bonds is 1. The van der Waals surface area contributed by atoms with Crippen molar-refractivity contribution in [2.75, 3.05) is 0 Å². The second-order valence-electron chi connectivity index (χ2n) is 5.20. The molecule has 0 unspecified atom stereocenters. The van der Waals surface area contributed by atoms with Gasteiger partial charge in [0, 0.05) is 5.56 Å². The maximum absolute atomic E-state index is 4.63. The lowest BCUT2D eigenvalue weighted by atomic mass is 10.1. The highest BCUT2D eigenvalue weighted by molar-refractivity contribution is 7.18. The first-order valence-corrected chi connectivity index (χ1v) is 7.77. The average molecular weight is 307 g/mol. The van der Waals surface area contributed by atoms with Gasteiger partial charge < -0.3 is 0 Å². The van der Waals surface area contributed by atoms with E-state index in [4.69, 9.17) is 0 Å². The molecule has 5 nitrogen and oxygen atoms in total. The SMILES string of the molecule is Cc1nc2cc(-c3ncnc4nc(C)c(C)nc34)ccc2s1. The Morgan fingerprint density at radius 3 is 2.59 bits per heavy atom. The number of nitrogens with zero attached hydrogens (tertiary/aromatic N) is 5. The highest BCUT2D eigenvalue weighted by atomic mass is 32.1. The standard InChI is InChI=1S/C16H13N5S/c1-8-9(2)20-16-15(19-8)14(17-7-18-16)11-4-5-13-12(6-11)21-10(3)22-13/h4-7H,1-3H3. The highest BCUT2D eigenvalue weighted by Gasteiger charge is 2.12. The molecule has 0 N–H and O–H groups in total. The molecule has 4 rings (SSSR count). The molecule has 0 aliphatic heterocycles. The minimum Gasteiger partial charge on any atom is -0.246 e. The van der Waals surface area contributed by atoms with E-state index < -0.39 is 0 Å². The zero-order valence-electron chi connectivity index (χ0n) is 12.5. The molecule has 108 valence electrons. The molecule has 0 bridgehead atoms. The lowest BCUT2D eigenvalue weighted by Crippen LogP contribution is -1.98. The van der Waals surface area contributed by atoms with Crippen molar-refractivity contribution in [3.8, 4) is 11.3 Å². The Bertz CT molecular complexity index is 1020. The summed E-state index contributed by atoms with van der Waals surface area (Å²) in [5, 5.41) is 1.06. The molecular weight excluding hydrogens is 294 g/mol. The van der Waals surface area contributed by atoms with Gasteiger partial charge in [0.1, 0.15) is 17.5 Å². The third-order valence-corrected chi connectivity index (χ3v) is 4.60. The Labute approximate surface area is 131 Å². The predicted octanol–water partition coefficient (Wildman–Crippen LogP) is 3.62. The summed E-state index contributed by atoms with van der Waals surface area (Å²) in [5.41, 5.74) is 5.93. The van der Waals surface area contributed by atoms with Crippen LogP contribution in [0, 0.1) is 20.8 Å². The van der Waals surface area contributed by atoms with Gasteiger partial charge in [0.2, 0.25) is 0 Å². The second kappa shape index (κ2) is 4.78. The number of hydrogen-bond acceptors (Lipinski definition) is 6. The van der Waals surface area contributed by atoms with Crippen molar-refractivity contribution < 1.29 is 0 Å². The van der Waals surface area contributed by atoms with E-state index in [1.54, 1.807) is 11.3 Å². The van der Waals surface area contributed by atoms with Crippen LogP contribution < -0.4 is 0 Å². The zero-order chi connectivity index (χ0) is 15.3. The van der Waals surface area contributed by atoms with Crippen molar-refractivity contribution in [1.82, 2.24) is 24.9 Å². The Morgan fingerprint density at radius 1 is 0.909 bits per heavy atom. The molecule has 0 spiro atoms. The molecule has 6 heteroatoms. The first-order valence-electron chi connectivity index (χ1n) is 6.95. The maximum atomic E-state index is 4.63. The van der Waals surface area contributed by atoms with E-state index in [1.165, 1.54) is 11.0 Å². The van der Waals surface area contributed by atoms with Gasteiger partial charge >= 0.3 is 0 Å². The normalized spacial score (nSPS) is 11.4.